The van der Waals surface area contributed by atoms with E-state index in [1.54, 1.807) is 6.92 Å². The standard InChI is InChI=1S/C10H11N3O4/c1-2-7-9(15)11-8(14)5-13(7)10(16)6-3-4-17-12-6/h3-4,7H,2,5H2,1H3,(H,11,14,15). The summed E-state index contributed by atoms with van der Waals surface area (Å²) in [5.41, 5.74) is 0.0888. The van der Waals surface area contributed by atoms with E-state index in [0.717, 1.165) is 0 Å². The number of hydrogen-bond acceptors (Lipinski definition) is 5. The van der Waals surface area contributed by atoms with Gasteiger partial charge in [0.15, 0.2) is 5.69 Å². The van der Waals surface area contributed by atoms with Gasteiger partial charge in [-0.15, -0.1) is 0 Å². The number of carbonyl (C=O) groups is 3. The maximum Gasteiger partial charge on any atom is 0.277 e. The van der Waals surface area contributed by atoms with E-state index in [9.17, 15) is 14.4 Å². The van der Waals surface area contributed by atoms with Crippen molar-refractivity contribution >= 4 is 17.7 Å². The molecule has 0 saturated carbocycles. The highest BCUT2D eigenvalue weighted by Gasteiger charge is 2.36. The van der Waals surface area contributed by atoms with E-state index in [1.807, 2.05) is 0 Å². The molecule has 90 valence electrons. The lowest BCUT2D eigenvalue weighted by atomic mass is 10.1. The average Bonchev–Trinajstić information content (AvgIpc) is 2.80. The summed E-state index contributed by atoms with van der Waals surface area (Å²) in [4.78, 5) is 36.0. The Morgan fingerprint density at radius 3 is 3.00 bits per heavy atom. The molecule has 1 aromatic heterocycles. The summed E-state index contributed by atoms with van der Waals surface area (Å²) < 4.78 is 4.57. The van der Waals surface area contributed by atoms with E-state index >= 15 is 0 Å². The van der Waals surface area contributed by atoms with Crippen molar-refractivity contribution in [1.82, 2.24) is 15.4 Å². The van der Waals surface area contributed by atoms with Crippen molar-refractivity contribution in [1.29, 1.82) is 0 Å². The van der Waals surface area contributed by atoms with E-state index in [2.05, 4.69) is 15.0 Å². The third-order valence-corrected chi connectivity index (χ3v) is 2.56. The molecule has 17 heavy (non-hydrogen) atoms. The second kappa shape index (κ2) is 4.36. The summed E-state index contributed by atoms with van der Waals surface area (Å²) in [5.74, 6) is -1.43. The maximum atomic E-state index is 12.0. The minimum absolute atomic E-state index is 0.0888. The molecule has 0 aliphatic carbocycles. The number of piperazine rings is 1. The Labute approximate surface area is 96.7 Å². The first kappa shape index (κ1) is 11.3. The van der Waals surface area contributed by atoms with Crippen LogP contribution in [0.5, 0.6) is 0 Å². The smallest absolute Gasteiger partial charge is 0.277 e. The highest BCUT2D eigenvalue weighted by atomic mass is 16.5. The van der Waals surface area contributed by atoms with E-state index in [0.29, 0.717) is 6.42 Å². The first-order valence-corrected chi connectivity index (χ1v) is 5.18. The van der Waals surface area contributed by atoms with Crippen LogP contribution < -0.4 is 5.32 Å². The Bertz CT molecular complexity index is 454. The fraction of sp³-hybridized carbons (Fsp3) is 0.400. The van der Waals surface area contributed by atoms with Gasteiger partial charge in [0.25, 0.3) is 5.91 Å². The summed E-state index contributed by atoms with van der Waals surface area (Å²) >= 11 is 0. The van der Waals surface area contributed by atoms with Gasteiger partial charge >= 0.3 is 0 Å². The molecule has 2 rings (SSSR count). The minimum atomic E-state index is -0.642. The number of nitrogens with zero attached hydrogens (tertiary/aromatic N) is 2. The molecule has 1 N–H and O–H groups in total. The molecule has 0 bridgehead atoms. The summed E-state index contributed by atoms with van der Waals surface area (Å²) in [5, 5.41) is 5.70. The third kappa shape index (κ3) is 2.03. The average molecular weight is 237 g/mol. The van der Waals surface area contributed by atoms with Gasteiger partial charge in [-0.05, 0) is 6.42 Å². The number of imide groups is 1. The fourth-order valence-electron chi connectivity index (χ4n) is 1.76. The summed E-state index contributed by atoms with van der Waals surface area (Å²) in [6.07, 6.45) is 1.70. The zero-order chi connectivity index (χ0) is 12.4. The Kier molecular flexibility index (Phi) is 2.90. The molecular weight excluding hydrogens is 226 g/mol. The van der Waals surface area contributed by atoms with Crippen LogP contribution in [-0.4, -0.2) is 40.4 Å². The van der Waals surface area contributed by atoms with Gasteiger partial charge in [0, 0.05) is 6.07 Å². The Morgan fingerprint density at radius 2 is 2.41 bits per heavy atom. The molecule has 1 saturated heterocycles. The topological polar surface area (TPSA) is 92.5 Å². The normalized spacial score (nSPS) is 20.3. The second-order valence-electron chi connectivity index (χ2n) is 3.65. The Balaban J connectivity index is 2.25. The van der Waals surface area contributed by atoms with E-state index < -0.39 is 23.8 Å². The van der Waals surface area contributed by atoms with Crippen LogP contribution in [0.4, 0.5) is 0 Å². The molecule has 1 aliphatic rings. The highest BCUT2D eigenvalue weighted by Crippen LogP contribution is 2.12. The van der Waals surface area contributed by atoms with Crippen molar-refractivity contribution in [2.75, 3.05) is 6.54 Å². The third-order valence-electron chi connectivity index (χ3n) is 2.56. The molecule has 2 heterocycles. The Morgan fingerprint density at radius 1 is 1.65 bits per heavy atom. The predicted molar refractivity (Wildman–Crippen MR) is 54.8 cm³/mol. The lowest BCUT2D eigenvalue weighted by Crippen LogP contribution is -2.59. The van der Waals surface area contributed by atoms with Crippen molar-refractivity contribution in [3.63, 3.8) is 0 Å². The molecule has 7 heteroatoms. The summed E-state index contributed by atoms with van der Waals surface area (Å²) in [7, 11) is 0. The van der Waals surface area contributed by atoms with Crippen LogP contribution in [0.25, 0.3) is 0 Å². The van der Waals surface area contributed by atoms with Gasteiger partial charge in [-0.2, -0.15) is 0 Å². The zero-order valence-corrected chi connectivity index (χ0v) is 9.17. The Hall–Kier alpha value is -2.18. The lowest BCUT2D eigenvalue weighted by Gasteiger charge is -2.32. The summed E-state index contributed by atoms with van der Waals surface area (Å²) in [6, 6.07) is 0.753. The monoisotopic (exact) mass is 237 g/mol. The van der Waals surface area contributed by atoms with Crippen molar-refractivity contribution in [3.8, 4) is 0 Å². The molecule has 1 unspecified atom stereocenters. The number of rotatable bonds is 2. The van der Waals surface area contributed by atoms with Gasteiger partial charge in [0.2, 0.25) is 11.8 Å². The number of amides is 3. The molecule has 1 atom stereocenters. The van der Waals surface area contributed by atoms with E-state index in [1.165, 1.54) is 17.2 Å². The maximum absolute atomic E-state index is 12.0. The van der Waals surface area contributed by atoms with Crippen LogP contribution >= 0.6 is 0 Å². The van der Waals surface area contributed by atoms with E-state index in [-0.39, 0.29) is 12.2 Å². The number of carbonyl (C=O) groups excluding carboxylic acids is 3. The van der Waals surface area contributed by atoms with Crippen molar-refractivity contribution in [2.45, 2.75) is 19.4 Å². The first-order valence-electron chi connectivity index (χ1n) is 5.18. The van der Waals surface area contributed by atoms with Crippen LogP contribution in [0.1, 0.15) is 23.8 Å². The fourth-order valence-corrected chi connectivity index (χ4v) is 1.76. The molecule has 7 nitrogen and oxygen atoms in total. The molecular formula is C10H11N3O4. The number of nitrogens with one attached hydrogen (secondary N) is 1. The zero-order valence-electron chi connectivity index (χ0n) is 9.17. The molecule has 3 amide bonds. The van der Waals surface area contributed by atoms with Gasteiger partial charge in [-0.25, -0.2) is 0 Å². The van der Waals surface area contributed by atoms with Crippen LogP contribution in [-0.2, 0) is 9.59 Å². The van der Waals surface area contributed by atoms with Crippen molar-refractivity contribution in [2.24, 2.45) is 0 Å². The van der Waals surface area contributed by atoms with Gasteiger partial charge in [0.05, 0.1) is 0 Å². The van der Waals surface area contributed by atoms with Crippen LogP contribution in [0.2, 0.25) is 0 Å². The minimum Gasteiger partial charge on any atom is -0.364 e. The molecule has 0 radical (unpaired) electrons. The second-order valence-corrected chi connectivity index (χ2v) is 3.65. The molecule has 1 fully saturated rings. The molecule has 1 aromatic rings. The van der Waals surface area contributed by atoms with Crippen molar-refractivity contribution < 1.29 is 18.9 Å². The highest BCUT2D eigenvalue weighted by molar-refractivity contribution is 6.06. The quantitative estimate of drug-likeness (QED) is 0.703. The predicted octanol–water partition coefficient (Wildman–Crippen LogP) is -0.448. The van der Waals surface area contributed by atoms with Gasteiger partial charge in [0.1, 0.15) is 18.8 Å². The number of hydrogen-bond donors (Lipinski definition) is 1. The van der Waals surface area contributed by atoms with Crippen LogP contribution in [0, 0.1) is 0 Å². The largest absolute Gasteiger partial charge is 0.364 e. The molecule has 0 aromatic carbocycles. The van der Waals surface area contributed by atoms with Crippen LogP contribution in [0.15, 0.2) is 16.9 Å². The summed E-state index contributed by atoms with van der Waals surface area (Å²) in [6.45, 7) is 1.62. The van der Waals surface area contributed by atoms with E-state index in [4.69, 9.17) is 0 Å². The SMILES string of the molecule is CCC1C(=O)NC(=O)CN1C(=O)c1ccon1. The number of aromatic nitrogens is 1. The van der Waals surface area contributed by atoms with Crippen molar-refractivity contribution in [3.05, 3.63) is 18.0 Å². The first-order chi connectivity index (χ1) is 8.13. The molecule has 1 aliphatic heterocycles. The lowest BCUT2D eigenvalue weighted by molar-refractivity contribution is -0.138. The van der Waals surface area contributed by atoms with Gasteiger partial charge in [-0.1, -0.05) is 12.1 Å². The van der Waals surface area contributed by atoms with Gasteiger partial charge < -0.3 is 9.42 Å². The van der Waals surface area contributed by atoms with Crippen LogP contribution in [0.3, 0.4) is 0 Å². The molecule has 0 spiro atoms. The van der Waals surface area contributed by atoms with Gasteiger partial charge in [-0.3, -0.25) is 19.7 Å².